The average molecular weight is 502 g/mol. The van der Waals surface area contributed by atoms with Gasteiger partial charge in [0.15, 0.2) is 0 Å². The SMILES string of the molecule is CC(C)CCC[C@@H](C)[C@H]1CC[C@H]2[C@@H]3CC=C4C[C@@H](OC(=O)NCC[NH+](C)C)CC[C@]4(C)[C@H]3CC[C@]12C. The fourth-order valence-corrected chi connectivity index (χ4v) is 9.36. The zero-order valence-corrected chi connectivity index (χ0v) is 24.6. The number of hydrogen-bond donors (Lipinski definition) is 2. The number of hydrogen-bond acceptors (Lipinski definition) is 2. The van der Waals surface area contributed by atoms with Gasteiger partial charge < -0.3 is 15.0 Å². The maximum absolute atomic E-state index is 12.3. The monoisotopic (exact) mass is 501 g/mol. The number of nitrogens with one attached hydrogen (secondary N) is 2. The second-order valence-electron chi connectivity index (χ2n) is 14.4. The molecule has 4 aliphatic rings. The molecule has 36 heavy (non-hydrogen) atoms. The first-order valence-corrected chi connectivity index (χ1v) is 15.5. The smallest absolute Gasteiger partial charge is 0.407 e. The number of allylic oxidation sites excluding steroid dienone is 1. The van der Waals surface area contributed by atoms with E-state index in [-0.39, 0.29) is 12.2 Å². The molecule has 2 N–H and O–H groups in total. The largest absolute Gasteiger partial charge is 0.446 e. The van der Waals surface area contributed by atoms with E-state index in [4.69, 9.17) is 4.74 Å². The molecule has 4 heteroatoms. The van der Waals surface area contributed by atoms with Crippen LogP contribution in [0.1, 0.15) is 105 Å². The number of fused-ring (bicyclic) bond motifs is 5. The van der Waals surface area contributed by atoms with E-state index in [1.165, 1.54) is 62.7 Å². The minimum Gasteiger partial charge on any atom is -0.446 e. The summed E-state index contributed by atoms with van der Waals surface area (Å²) in [4.78, 5) is 13.7. The molecule has 0 aromatic rings. The van der Waals surface area contributed by atoms with Crippen LogP contribution in [0, 0.1) is 46.3 Å². The highest BCUT2D eigenvalue weighted by Gasteiger charge is 2.59. The molecular formula is C32H57N2O2+. The van der Waals surface area contributed by atoms with Gasteiger partial charge >= 0.3 is 6.09 Å². The number of rotatable bonds is 9. The van der Waals surface area contributed by atoms with Crippen LogP contribution in [0.4, 0.5) is 4.79 Å². The molecule has 0 aliphatic heterocycles. The van der Waals surface area contributed by atoms with Crippen LogP contribution in [0.3, 0.4) is 0 Å². The molecule has 0 aromatic carbocycles. The highest BCUT2D eigenvalue weighted by molar-refractivity contribution is 5.67. The van der Waals surface area contributed by atoms with Crippen LogP contribution >= 0.6 is 0 Å². The summed E-state index contributed by atoms with van der Waals surface area (Å²) in [5.41, 5.74) is 2.47. The van der Waals surface area contributed by atoms with Crippen molar-refractivity contribution in [2.24, 2.45) is 46.3 Å². The molecule has 3 saturated carbocycles. The maximum Gasteiger partial charge on any atom is 0.407 e. The van der Waals surface area contributed by atoms with Crippen LogP contribution in [0.15, 0.2) is 11.6 Å². The van der Waals surface area contributed by atoms with E-state index in [2.05, 4.69) is 60.1 Å². The number of ether oxygens (including phenoxy) is 1. The van der Waals surface area contributed by atoms with Crippen molar-refractivity contribution in [2.45, 2.75) is 111 Å². The predicted octanol–water partition coefficient (Wildman–Crippen LogP) is 6.27. The lowest BCUT2D eigenvalue weighted by Crippen LogP contribution is -3.06. The van der Waals surface area contributed by atoms with E-state index in [9.17, 15) is 4.79 Å². The van der Waals surface area contributed by atoms with Crippen molar-refractivity contribution in [3.8, 4) is 0 Å². The summed E-state index contributed by atoms with van der Waals surface area (Å²) in [5.74, 6) is 5.22. The molecule has 4 aliphatic carbocycles. The van der Waals surface area contributed by atoms with Gasteiger partial charge in [-0.2, -0.15) is 0 Å². The summed E-state index contributed by atoms with van der Waals surface area (Å²) < 4.78 is 5.88. The maximum atomic E-state index is 12.3. The summed E-state index contributed by atoms with van der Waals surface area (Å²) in [6.07, 6.45) is 16.8. The summed E-state index contributed by atoms with van der Waals surface area (Å²) in [6.45, 7) is 14.2. The van der Waals surface area contributed by atoms with Gasteiger partial charge in [-0.15, -0.1) is 0 Å². The standard InChI is InChI=1S/C32H56N2O2/c1-22(2)9-8-10-23(3)27-13-14-28-26-12-11-24-21-25(36-30(35)33-19-20-34(6)7)15-17-31(24,4)29(26)16-18-32(27,28)5/h11,22-23,25-29H,8-10,12-21H2,1-7H3,(H,33,35)/p+1/t23-,25+,26+,27-,28+,29+,31+,32-/m1/s1. The lowest BCUT2D eigenvalue weighted by molar-refractivity contribution is -0.856. The van der Waals surface area contributed by atoms with Gasteiger partial charge in [0.2, 0.25) is 0 Å². The highest BCUT2D eigenvalue weighted by Crippen LogP contribution is 2.67. The van der Waals surface area contributed by atoms with Crippen LogP contribution in [-0.2, 0) is 4.74 Å². The first kappa shape index (κ1) is 28.0. The minimum absolute atomic E-state index is 0.0454. The molecule has 3 fully saturated rings. The highest BCUT2D eigenvalue weighted by atomic mass is 16.6. The lowest BCUT2D eigenvalue weighted by Gasteiger charge is -2.58. The zero-order valence-electron chi connectivity index (χ0n) is 24.6. The average Bonchev–Trinajstić information content (AvgIpc) is 3.16. The van der Waals surface area contributed by atoms with Crippen molar-refractivity contribution >= 4 is 6.09 Å². The van der Waals surface area contributed by atoms with Gasteiger partial charge in [0, 0.05) is 6.42 Å². The second-order valence-corrected chi connectivity index (χ2v) is 14.4. The number of carbonyl (C=O) groups is 1. The Bertz CT molecular complexity index is 791. The van der Waals surface area contributed by atoms with Gasteiger partial charge in [0.25, 0.3) is 0 Å². The van der Waals surface area contributed by atoms with Crippen molar-refractivity contribution in [2.75, 3.05) is 27.2 Å². The van der Waals surface area contributed by atoms with Crippen molar-refractivity contribution in [1.82, 2.24) is 5.32 Å². The van der Waals surface area contributed by atoms with Crippen molar-refractivity contribution < 1.29 is 14.4 Å². The first-order valence-electron chi connectivity index (χ1n) is 15.5. The summed E-state index contributed by atoms with van der Waals surface area (Å²) in [5, 5.41) is 2.95. The molecule has 1 amide bonds. The molecule has 0 heterocycles. The number of likely N-dealkylation sites (N-methyl/N-ethyl adjacent to an activating group) is 1. The molecule has 0 spiro atoms. The van der Waals surface area contributed by atoms with E-state index < -0.39 is 0 Å². The molecule has 0 aromatic heterocycles. The van der Waals surface area contributed by atoms with Crippen molar-refractivity contribution in [1.29, 1.82) is 0 Å². The van der Waals surface area contributed by atoms with E-state index in [1.807, 2.05) is 0 Å². The molecule has 4 rings (SSSR count). The van der Waals surface area contributed by atoms with Crippen LogP contribution in [0.25, 0.3) is 0 Å². The molecule has 0 radical (unpaired) electrons. The Labute approximate surface area is 222 Å². The van der Waals surface area contributed by atoms with E-state index >= 15 is 0 Å². The van der Waals surface area contributed by atoms with Gasteiger partial charge in [0.05, 0.1) is 27.2 Å². The van der Waals surface area contributed by atoms with Crippen LogP contribution < -0.4 is 10.2 Å². The van der Waals surface area contributed by atoms with E-state index in [0.717, 1.165) is 54.9 Å². The normalized spacial score (nSPS) is 38.7. The third-order valence-electron chi connectivity index (χ3n) is 11.4. The summed E-state index contributed by atoms with van der Waals surface area (Å²) in [7, 11) is 4.21. The quantitative estimate of drug-likeness (QED) is 0.366. The molecule has 0 bridgehead atoms. The molecule has 4 nitrogen and oxygen atoms in total. The predicted molar refractivity (Wildman–Crippen MR) is 149 cm³/mol. The van der Waals surface area contributed by atoms with E-state index in [1.54, 1.807) is 5.57 Å². The number of alkyl carbamates (subject to hydrolysis) is 1. The molecular weight excluding hydrogens is 444 g/mol. The molecule has 0 unspecified atom stereocenters. The van der Waals surface area contributed by atoms with Crippen LogP contribution in [-0.4, -0.2) is 39.4 Å². The number of quaternary nitrogens is 1. The van der Waals surface area contributed by atoms with Crippen molar-refractivity contribution in [3.05, 3.63) is 11.6 Å². The zero-order chi connectivity index (χ0) is 26.1. The van der Waals surface area contributed by atoms with Gasteiger partial charge in [-0.3, -0.25) is 0 Å². The molecule has 8 atom stereocenters. The Morgan fingerprint density at radius 1 is 1.08 bits per heavy atom. The Hall–Kier alpha value is -1.03. The Morgan fingerprint density at radius 3 is 2.58 bits per heavy atom. The van der Waals surface area contributed by atoms with Gasteiger partial charge in [-0.05, 0) is 91.3 Å². The topological polar surface area (TPSA) is 42.8 Å². The first-order chi connectivity index (χ1) is 17.0. The minimum atomic E-state index is -0.230. The molecule has 206 valence electrons. The third-order valence-corrected chi connectivity index (χ3v) is 11.4. The van der Waals surface area contributed by atoms with Crippen LogP contribution in [0.2, 0.25) is 0 Å². The molecule has 0 saturated heterocycles. The van der Waals surface area contributed by atoms with Gasteiger partial charge in [0.1, 0.15) is 6.10 Å². The third kappa shape index (κ3) is 5.69. The lowest BCUT2D eigenvalue weighted by atomic mass is 9.47. The fraction of sp³-hybridized carbons (Fsp3) is 0.906. The Morgan fingerprint density at radius 2 is 1.86 bits per heavy atom. The van der Waals surface area contributed by atoms with Crippen molar-refractivity contribution in [3.63, 3.8) is 0 Å². The van der Waals surface area contributed by atoms with Gasteiger partial charge in [-0.1, -0.05) is 65.5 Å². The Kier molecular flexibility index (Phi) is 8.85. The summed E-state index contributed by atoms with van der Waals surface area (Å²) >= 11 is 0. The second kappa shape index (κ2) is 11.4. The number of amides is 1. The van der Waals surface area contributed by atoms with E-state index in [0.29, 0.717) is 17.4 Å². The fourth-order valence-electron chi connectivity index (χ4n) is 9.36. The number of carbonyl (C=O) groups excluding carboxylic acids is 1. The van der Waals surface area contributed by atoms with Gasteiger partial charge in [-0.25, -0.2) is 4.79 Å². The van der Waals surface area contributed by atoms with Crippen LogP contribution in [0.5, 0.6) is 0 Å². The Balaban J connectivity index is 1.37. The summed E-state index contributed by atoms with van der Waals surface area (Å²) in [6, 6.07) is 0.